The van der Waals surface area contributed by atoms with E-state index in [0.29, 0.717) is 5.78 Å². The van der Waals surface area contributed by atoms with Gasteiger partial charge in [0.2, 0.25) is 0 Å². The second-order valence-corrected chi connectivity index (χ2v) is 4.73. The van der Waals surface area contributed by atoms with Crippen LogP contribution in [0.4, 0.5) is 0 Å². The van der Waals surface area contributed by atoms with Crippen LogP contribution in [-0.2, 0) is 4.79 Å². The Morgan fingerprint density at radius 1 is 1.45 bits per heavy atom. The Labute approximate surface area is 69.2 Å². The Hall–Kier alpha value is -0.330. The van der Waals surface area contributed by atoms with Crippen LogP contribution in [0.3, 0.4) is 0 Å². The van der Waals surface area contributed by atoms with Crippen molar-refractivity contribution in [2.45, 2.75) is 46.5 Å². The van der Waals surface area contributed by atoms with Crippen LogP contribution in [0.1, 0.15) is 46.5 Å². The molecule has 0 spiro atoms. The summed E-state index contributed by atoms with van der Waals surface area (Å²) in [5.41, 5.74) is 0.257. The highest BCUT2D eigenvalue weighted by Crippen LogP contribution is 2.34. The van der Waals surface area contributed by atoms with Gasteiger partial charge in [-0.2, -0.15) is 0 Å². The first-order valence-electron chi connectivity index (χ1n) is 4.51. The van der Waals surface area contributed by atoms with Crippen molar-refractivity contribution in [2.75, 3.05) is 0 Å². The smallest absolute Gasteiger partial charge is 0.133 e. The number of rotatable bonds is 0. The molecule has 0 amide bonds. The van der Waals surface area contributed by atoms with Crippen molar-refractivity contribution < 1.29 is 4.79 Å². The van der Waals surface area contributed by atoms with Crippen LogP contribution >= 0.6 is 0 Å². The molecule has 1 unspecified atom stereocenters. The minimum atomic E-state index is 0.257. The summed E-state index contributed by atoms with van der Waals surface area (Å²) in [5.74, 6) is 1.19. The SMILES string of the molecule is CC1CCC(=O)CC(C)(C)C1. The quantitative estimate of drug-likeness (QED) is 0.490. The third-order valence-electron chi connectivity index (χ3n) is 2.49. The van der Waals surface area contributed by atoms with Crippen LogP contribution < -0.4 is 0 Å². The zero-order chi connectivity index (χ0) is 8.48. The van der Waals surface area contributed by atoms with Gasteiger partial charge in [0.15, 0.2) is 0 Å². The predicted molar refractivity (Wildman–Crippen MR) is 46.4 cm³/mol. The van der Waals surface area contributed by atoms with Crippen LogP contribution in [0.25, 0.3) is 0 Å². The second kappa shape index (κ2) is 2.96. The lowest BCUT2D eigenvalue weighted by Gasteiger charge is -2.23. The molecule has 1 rings (SSSR count). The van der Waals surface area contributed by atoms with Gasteiger partial charge in [-0.1, -0.05) is 20.8 Å². The van der Waals surface area contributed by atoms with E-state index in [1.165, 1.54) is 6.42 Å². The summed E-state index contributed by atoms with van der Waals surface area (Å²) >= 11 is 0. The molecule has 1 atom stereocenters. The number of Topliss-reactive ketones (excluding diaryl/α,β-unsaturated/α-hetero) is 1. The number of hydrogen-bond donors (Lipinski definition) is 0. The molecule has 1 fully saturated rings. The summed E-state index contributed by atoms with van der Waals surface area (Å²) in [7, 11) is 0. The molecule has 1 aliphatic rings. The molecule has 0 saturated heterocycles. The van der Waals surface area contributed by atoms with Crippen LogP contribution in [0, 0.1) is 11.3 Å². The summed E-state index contributed by atoms with van der Waals surface area (Å²) in [6.45, 7) is 6.65. The first-order valence-corrected chi connectivity index (χ1v) is 4.51. The van der Waals surface area contributed by atoms with Crippen molar-refractivity contribution in [3.63, 3.8) is 0 Å². The van der Waals surface area contributed by atoms with E-state index in [0.717, 1.165) is 25.2 Å². The average molecular weight is 154 g/mol. The summed E-state index contributed by atoms with van der Waals surface area (Å²) < 4.78 is 0. The number of carbonyl (C=O) groups is 1. The molecule has 0 aromatic carbocycles. The molecule has 0 aromatic heterocycles. The van der Waals surface area contributed by atoms with Crippen molar-refractivity contribution in [1.82, 2.24) is 0 Å². The Bertz CT molecular complexity index is 158. The number of carbonyl (C=O) groups excluding carboxylic acids is 1. The molecule has 1 nitrogen and oxygen atoms in total. The first kappa shape index (κ1) is 8.76. The highest BCUT2D eigenvalue weighted by molar-refractivity contribution is 5.79. The standard InChI is InChI=1S/C10H18O/c1-8-4-5-9(11)7-10(2,3)6-8/h8H,4-7H2,1-3H3. The fraction of sp³-hybridized carbons (Fsp3) is 0.900. The van der Waals surface area contributed by atoms with Crippen LogP contribution in [0.15, 0.2) is 0 Å². The Morgan fingerprint density at radius 2 is 2.09 bits per heavy atom. The summed E-state index contributed by atoms with van der Waals surface area (Å²) in [5, 5.41) is 0. The monoisotopic (exact) mass is 154 g/mol. The van der Waals surface area contributed by atoms with Gasteiger partial charge in [0.1, 0.15) is 5.78 Å². The van der Waals surface area contributed by atoms with Gasteiger partial charge < -0.3 is 0 Å². The maximum absolute atomic E-state index is 11.2. The third-order valence-corrected chi connectivity index (χ3v) is 2.49. The topological polar surface area (TPSA) is 17.1 Å². The van der Waals surface area contributed by atoms with Crippen LogP contribution in [0.5, 0.6) is 0 Å². The Kier molecular flexibility index (Phi) is 2.36. The van der Waals surface area contributed by atoms with E-state index in [4.69, 9.17) is 0 Å². The molecule has 1 aliphatic carbocycles. The normalized spacial score (nSPS) is 31.5. The van der Waals surface area contributed by atoms with E-state index < -0.39 is 0 Å². The molecule has 0 heterocycles. The highest BCUT2D eigenvalue weighted by Gasteiger charge is 2.27. The lowest BCUT2D eigenvalue weighted by atomic mass is 9.82. The average Bonchev–Trinajstić information content (AvgIpc) is 1.89. The van der Waals surface area contributed by atoms with E-state index in [9.17, 15) is 4.79 Å². The minimum absolute atomic E-state index is 0.257. The summed E-state index contributed by atoms with van der Waals surface area (Å²) in [4.78, 5) is 11.2. The molecule has 0 N–H and O–H groups in total. The zero-order valence-electron chi connectivity index (χ0n) is 7.81. The van der Waals surface area contributed by atoms with E-state index in [1.54, 1.807) is 0 Å². The van der Waals surface area contributed by atoms with E-state index in [-0.39, 0.29) is 5.41 Å². The molecule has 64 valence electrons. The van der Waals surface area contributed by atoms with Gasteiger partial charge in [-0.3, -0.25) is 4.79 Å². The molecule has 0 aliphatic heterocycles. The van der Waals surface area contributed by atoms with Gasteiger partial charge in [-0.05, 0) is 24.2 Å². The largest absolute Gasteiger partial charge is 0.300 e. The maximum atomic E-state index is 11.2. The first-order chi connectivity index (χ1) is 4.99. The summed E-state index contributed by atoms with van der Waals surface area (Å²) in [6, 6.07) is 0. The van der Waals surface area contributed by atoms with Crippen molar-refractivity contribution in [1.29, 1.82) is 0 Å². The van der Waals surface area contributed by atoms with Gasteiger partial charge in [0.05, 0.1) is 0 Å². The van der Waals surface area contributed by atoms with Crippen molar-refractivity contribution in [3.8, 4) is 0 Å². The third kappa shape index (κ3) is 2.64. The molecule has 0 aromatic rings. The van der Waals surface area contributed by atoms with Crippen molar-refractivity contribution >= 4 is 5.78 Å². The molecule has 1 saturated carbocycles. The lowest BCUT2D eigenvalue weighted by molar-refractivity contribution is -0.120. The van der Waals surface area contributed by atoms with Gasteiger partial charge in [-0.25, -0.2) is 0 Å². The second-order valence-electron chi connectivity index (χ2n) is 4.73. The van der Waals surface area contributed by atoms with E-state index in [1.807, 2.05) is 0 Å². The van der Waals surface area contributed by atoms with E-state index >= 15 is 0 Å². The Balaban J connectivity index is 2.63. The molecular weight excluding hydrogens is 136 g/mol. The number of hydrogen-bond acceptors (Lipinski definition) is 1. The van der Waals surface area contributed by atoms with Gasteiger partial charge in [0, 0.05) is 12.8 Å². The van der Waals surface area contributed by atoms with Crippen LogP contribution in [-0.4, -0.2) is 5.78 Å². The molecular formula is C10H18O. The Morgan fingerprint density at radius 3 is 2.73 bits per heavy atom. The lowest BCUT2D eigenvalue weighted by Crippen LogP contribution is -2.15. The van der Waals surface area contributed by atoms with Crippen molar-refractivity contribution in [2.24, 2.45) is 11.3 Å². The minimum Gasteiger partial charge on any atom is -0.300 e. The van der Waals surface area contributed by atoms with Gasteiger partial charge >= 0.3 is 0 Å². The van der Waals surface area contributed by atoms with E-state index in [2.05, 4.69) is 20.8 Å². The molecule has 0 bridgehead atoms. The zero-order valence-corrected chi connectivity index (χ0v) is 7.81. The fourth-order valence-electron chi connectivity index (χ4n) is 2.15. The molecule has 0 radical (unpaired) electrons. The maximum Gasteiger partial charge on any atom is 0.133 e. The molecule has 1 heteroatoms. The van der Waals surface area contributed by atoms with Gasteiger partial charge in [-0.15, -0.1) is 0 Å². The summed E-state index contributed by atoms with van der Waals surface area (Å²) in [6.07, 6.45) is 3.91. The molecule has 11 heavy (non-hydrogen) atoms. The number of ketones is 1. The van der Waals surface area contributed by atoms with Crippen LogP contribution in [0.2, 0.25) is 0 Å². The van der Waals surface area contributed by atoms with Crippen molar-refractivity contribution in [3.05, 3.63) is 0 Å². The predicted octanol–water partition coefficient (Wildman–Crippen LogP) is 2.79. The van der Waals surface area contributed by atoms with Gasteiger partial charge in [0.25, 0.3) is 0 Å². The fourth-order valence-corrected chi connectivity index (χ4v) is 2.15. The highest BCUT2D eigenvalue weighted by atomic mass is 16.1.